The molecule has 222 valence electrons. The van der Waals surface area contributed by atoms with Crippen molar-refractivity contribution in [3.63, 3.8) is 0 Å². The van der Waals surface area contributed by atoms with Gasteiger partial charge in [0.25, 0.3) is 0 Å². The Kier molecular flexibility index (Phi) is 5.08. The zero-order valence-corrected chi connectivity index (χ0v) is 25.8. The van der Waals surface area contributed by atoms with Crippen LogP contribution in [0.3, 0.4) is 0 Å². The molecule has 4 aromatic heterocycles. The predicted molar refractivity (Wildman–Crippen MR) is 198 cm³/mol. The molecule has 0 saturated carbocycles. The Bertz CT molecular complexity index is 2920. The zero-order valence-electron chi connectivity index (χ0n) is 25.8. The molecule has 0 fully saturated rings. The average molecular weight is 611 g/mol. The van der Waals surface area contributed by atoms with E-state index in [1.807, 2.05) is 18.6 Å². The lowest BCUT2D eigenvalue weighted by Crippen LogP contribution is -1.99. The lowest BCUT2D eigenvalue weighted by Gasteiger charge is -2.13. The number of hydrogen-bond donors (Lipinski definition) is 0. The number of hydrogen-bond acceptors (Lipinski definition) is 2. The molecule has 48 heavy (non-hydrogen) atoms. The quantitative estimate of drug-likeness (QED) is 0.199. The molecule has 10 aromatic rings. The first-order valence-electron chi connectivity index (χ1n) is 16.3. The monoisotopic (exact) mass is 610 g/mol. The van der Waals surface area contributed by atoms with Gasteiger partial charge in [0.2, 0.25) is 0 Å². The Balaban J connectivity index is 1.16. The van der Waals surface area contributed by atoms with Gasteiger partial charge in [-0.3, -0.25) is 9.55 Å². The van der Waals surface area contributed by atoms with Gasteiger partial charge in [-0.05, 0) is 70.8 Å². The summed E-state index contributed by atoms with van der Waals surface area (Å²) in [6, 6.07) is 50.5. The number of aromatic nitrogens is 4. The number of benzene rings is 6. The highest BCUT2D eigenvalue weighted by Crippen LogP contribution is 2.48. The van der Waals surface area contributed by atoms with Crippen LogP contribution in [0.1, 0.15) is 0 Å². The topological polar surface area (TPSA) is 35.6 Å². The highest BCUT2D eigenvalue weighted by Gasteiger charge is 2.25. The molecule has 0 saturated heterocycles. The molecule has 4 nitrogen and oxygen atoms in total. The maximum absolute atomic E-state index is 5.19. The fraction of sp³-hybridized carbons (Fsp3) is 0. The molecule has 0 spiro atoms. The van der Waals surface area contributed by atoms with Crippen molar-refractivity contribution in [2.24, 2.45) is 0 Å². The van der Waals surface area contributed by atoms with Crippen molar-refractivity contribution in [2.45, 2.75) is 0 Å². The van der Waals surface area contributed by atoms with Crippen LogP contribution in [-0.4, -0.2) is 19.1 Å². The van der Waals surface area contributed by atoms with E-state index in [-0.39, 0.29) is 0 Å². The van der Waals surface area contributed by atoms with E-state index >= 15 is 0 Å². The summed E-state index contributed by atoms with van der Waals surface area (Å²) in [4.78, 5) is 9.63. The van der Waals surface area contributed by atoms with E-state index in [1.165, 1.54) is 65.9 Å². The third-order valence-corrected chi connectivity index (χ3v) is 10.2. The summed E-state index contributed by atoms with van der Waals surface area (Å²) in [5, 5.41) is 7.32. The van der Waals surface area contributed by atoms with Gasteiger partial charge in [-0.15, -0.1) is 0 Å². The van der Waals surface area contributed by atoms with E-state index in [0.29, 0.717) is 0 Å². The minimum atomic E-state index is 0.945. The normalized spacial score (nSPS) is 12.2. The fourth-order valence-corrected chi connectivity index (χ4v) is 8.13. The lowest BCUT2D eigenvalue weighted by molar-refractivity contribution is 1.10. The van der Waals surface area contributed by atoms with E-state index in [2.05, 4.69) is 154 Å². The van der Waals surface area contributed by atoms with Crippen molar-refractivity contribution in [2.75, 3.05) is 0 Å². The molecule has 4 heteroatoms. The second kappa shape index (κ2) is 9.50. The Morgan fingerprint density at radius 2 is 1.08 bits per heavy atom. The third kappa shape index (κ3) is 3.38. The smallest absolute Gasteiger partial charge is 0.145 e. The summed E-state index contributed by atoms with van der Waals surface area (Å²) in [7, 11) is 0. The summed E-state index contributed by atoms with van der Waals surface area (Å²) in [5.74, 6) is 0.945. The van der Waals surface area contributed by atoms with Crippen LogP contribution in [0.15, 0.2) is 158 Å². The molecule has 1 aliphatic rings. The Morgan fingerprint density at radius 3 is 1.96 bits per heavy atom. The van der Waals surface area contributed by atoms with Crippen LogP contribution >= 0.6 is 0 Å². The fourth-order valence-electron chi connectivity index (χ4n) is 8.13. The summed E-state index contributed by atoms with van der Waals surface area (Å²) < 4.78 is 4.73. The molecule has 6 aromatic carbocycles. The first kappa shape index (κ1) is 25.6. The highest BCUT2D eigenvalue weighted by atomic mass is 15.1. The number of fused-ring (bicyclic) bond motifs is 9. The minimum absolute atomic E-state index is 0.945. The van der Waals surface area contributed by atoms with E-state index in [4.69, 9.17) is 4.98 Å². The molecule has 0 atom stereocenters. The molecule has 0 unspecified atom stereocenters. The van der Waals surface area contributed by atoms with Crippen molar-refractivity contribution in [1.82, 2.24) is 19.1 Å². The molecule has 0 N–H and O–H groups in total. The largest absolute Gasteiger partial charge is 0.309 e. The molecular weight excluding hydrogens is 585 g/mol. The summed E-state index contributed by atoms with van der Waals surface area (Å²) in [5.41, 5.74) is 13.0. The van der Waals surface area contributed by atoms with Gasteiger partial charge in [0.1, 0.15) is 5.82 Å². The molecule has 0 aliphatic heterocycles. The molecule has 4 heterocycles. The van der Waals surface area contributed by atoms with Gasteiger partial charge in [0, 0.05) is 67.7 Å². The van der Waals surface area contributed by atoms with Crippen LogP contribution in [0.25, 0.3) is 99.3 Å². The van der Waals surface area contributed by atoms with Gasteiger partial charge in [-0.2, -0.15) is 0 Å². The maximum Gasteiger partial charge on any atom is 0.145 e. The van der Waals surface area contributed by atoms with Crippen LogP contribution in [0, 0.1) is 0 Å². The van der Waals surface area contributed by atoms with Crippen molar-refractivity contribution in [3.05, 3.63) is 158 Å². The van der Waals surface area contributed by atoms with Crippen LogP contribution < -0.4 is 0 Å². The standard InChI is InChI=1S/C44H26N4/c1-2-9-29(10-3-1)47-39-15-6-5-12-32(39)36-23-27(18-20-41(36)47)28-17-19-33-31-11-4-7-16-40(31)48(42(33)24-28)44-35-14-8-13-34-30-21-22-45-25-37(30)38(26-46-44)43(34)35/h1-26H. The van der Waals surface area contributed by atoms with Crippen LogP contribution in [0.5, 0.6) is 0 Å². The number of pyridine rings is 2. The Hall–Kier alpha value is -6.52. The average Bonchev–Trinajstić information content (AvgIpc) is 3.78. The molecule has 11 rings (SSSR count). The van der Waals surface area contributed by atoms with Gasteiger partial charge in [-0.1, -0.05) is 91.0 Å². The van der Waals surface area contributed by atoms with Crippen LogP contribution in [0.2, 0.25) is 0 Å². The first-order chi connectivity index (χ1) is 23.8. The summed E-state index contributed by atoms with van der Waals surface area (Å²) in [6.45, 7) is 0. The van der Waals surface area contributed by atoms with Gasteiger partial charge < -0.3 is 4.57 Å². The maximum atomic E-state index is 5.19. The Labute approximate surface area is 275 Å². The van der Waals surface area contributed by atoms with Gasteiger partial charge >= 0.3 is 0 Å². The second-order valence-corrected chi connectivity index (χ2v) is 12.6. The number of rotatable bonds is 3. The number of nitrogens with zero attached hydrogens (tertiary/aromatic N) is 4. The highest BCUT2D eigenvalue weighted by molar-refractivity contribution is 6.18. The number of para-hydroxylation sites is 3. The van der Waals surface area contributed by atoms with Crippen LogP contribution in [-0.2, 0) is 0 Å². The summed E-state index contributed by atoms with van der Waals surface area (Å²) >= 11 is 0. The lowest BCUT2D eigenvalue weighted by atomic mass is 10.0. The Morgan fingerprint density at radius 1 is 0.396 bits per heavy atom. The van der Waals surface area contributed by atoms with E-state index in [1.54, 1.807) is 0 Å². The van der Waals surface area contributed by atoms with Gasteiger partial charge in [0.15, 0.2) is 0 Å². The SMILES string of the molecule is c1ccc(-n2c3ccccc3c3cc(-c4ccc5c6ccccc6n(-c6ncc7c8c(cccc68)-c6ccncc6-7)c5c4)ccc32)cc1. The molecule has 0 bridgehead atoms. The predicted octanol–water partition coefficient (Wildman–Crippen LogP) is 11.1. The molecule has 0 amide bonds. The van der Waals surface area contributed by atoms with E-state index in [0.717, 1.165) is 33.4 Å². The van der Waals surface area contributed by atoms with Crippen molar-refractivity contribution in [1.29, 1.82) is 0 Å². The third-order valence-electron chi connectivity index (χ3n) is 10.2. The van der Waals surface area contributed by atoms with E-state index < -0.39 is 0 Å². The van der Waals surface area contributed by atoms with E-state index in [9.17, 15) is 0 Å². The van der Waals surface area contributed by atoms with Gasteiger partial charge in [-0.25, -0.2) is 4.98 Å². The van der Waals surface area contributed by atoms with Gasteiger partial charge in [0.05, 0.1) is 22.1 Å². The molecule has 0 radical (unpaired) electrons. The molecular formula is C44H26N4. The molecule has 1 aliphatic carbocycles. The van der Waals surface area contributed by atoms with Crippen molar-refractivity contribution < 1.29 is 0 Å². The van der Waals surface area contributed by atoms with Crippen molar-refractivity contribution >= 4 is 54.4 Å². The second-order valence-electron chi connectivity index (χ2n) is 12.6. The van der Waals surface area contributed by atoms with Crippen LogP contribution in [0.4, 0.5) is 0 Å². The zero-order chi connectivity index (χ0) is 31.3. The minimum Gasteiger partial charge on any atom is -0.309 e. The summed E-state index contributed by atoms with van der Waals surface area (Å²) in [6.07, 6.45) is 5.88. The van der Waals surface area contributed by atoms with Crippen molar-refractivity contribution in [3.8, 4) is 44.9 Å². The first-order valence-corrected chi connectivity index (χ1v) is 16.3.